The molecular weight excluding hydrogens is 224 g/mol. The summed E-state index contributed by atoms with van der Waals surface area (Å²) in [5, 5.41) is 0. The minimum atomic E-state index is -0.587. The lowest BCUT2D eigenvalue weighted by atomic mass is 10.1. The van der Waals surface area contributed by atoms with Crippen LogP contribution in [-0.2, 0) is 9.47 Å². The van der Waals surface area contributed by atoms with Crippen LogP contribution in [0.15, 0.2) is 18.2 Å². The van der Waals surface area contributed by atoms with Crippen molar-refractivity contribution in [1.29, 1.82) is 0 Å². The molecule has 0 saturated carbocycles. The summed E-state index contributed by atoms with van der Waals surface area (Å²) in [5.41, 5.74) is 0.296. The van der Waals surface area contributed by atoms with Gasteiger partial charge in [0.25, 0.3) is 0 Å². The van der Waals surface area contributed by atoms with Crippen molar-refractivity contribution in [2.24, 2.45) is 0 Å². The highest BCUT2D eigenvalue weighted by Crippen LogP contribution is 2.19. The third-order valence-electron chi connectivity index (χ3n) is 2.13. The van der Waals surface area contributed by atoms with Gasteiger partial charge in [0.1, 0.15) is 5.75 Å². The number of esters is 2. The number of rotatable bonds is 4. The van der Waals surface area contributed by atoms with Gasteiger partial charge in [-0.3, -0.25) is 0 Å². The Hall–Kier alpha value is -2.04. The van der Waals surface area contributed by atoms with Crippen LogP contribution in [0.3, 0.4) is 0 Å². The minimum Gasteiger partial charge on any atom is -0.497 e. The largest absolute Gasteiger partial charge is 0.497 e. The molecule has 0 saturated heterocycles. The maximum atomic E-state index is 11.7. The Morgan fingerprint density at radius 2 is 1.82 bits per heavy atom. The van der Waals surface area contributed by atoms with Crippen molar-refractivity contribution >= 4 is 11.9 Å². The predicted molar refractivity (Wildman–Crippen MR) is 60.3 cm³/mol. The van der Waals surface area contributed by atoms with E-state index in [1.54, 1.807) is 13.0 Å². The van der Waals surface area contributed by atoms with Crippen LogP contribution in [0.25, 0.3) is 0 Å². The second-order valence-electron chi connectivity index (χ2n) is 3.12. The second-order valence-corrected chi connectivity index (χ2v) is 3.12. The number of benzene rings is 1. The first-order valence-corrected chi connectivity index (χ1v) is 5.07. The SMILES string of the molecule is CCOC(=O)c1cc(OC)ccc1C(=O)OC. The van der Waals surface area contributed by atoms with E-state index in [1.165, 1.54) is 26.4 Å². The number of hydrogen-bond donors (Lipinski definition) is 0. The summed E-state index contributed by atoms with van der Waals surface area (Å²) < 4.78 is 14.4. The van der Waals surface area contributed by atoms with Crippen molar-refractivity contribution in [3.05, 3.63) is 29.3 Å². The maximum absolute atomic E-state index is 11.7. The smallest absolute Gasteiger partial charge is 0.339 e. The lowest BCUT2D eigenvalue weighted by Crippen LogP contribution is -2.13. The third-order valence-corrected chi connectivity index (χ3v) is 2.13. The van der Waals surface area contributed by atoms with Crippen molar-refractivity contribution in [2.45, 2.75) is 6.92 Å². The second kappa shape index (κ2) is 5.89. The molecule has 0 aliphatic heterocycles. The first-order valence-electron chi connectivity index (χ1n) is 5.07. The Kier molecular flexibility index (Phi) is 4.51. The molecule has 1 aromatic carbocycles. The van der Waals surface area contributed by atoms with E-state index in [1.807, 2.05) is 0 Å². The zero-order valence-electron chi connectivity index (χ0n) is 9.98. The molecule has 0 aromatic heterocycles. The summed E-state index contributed by atoms with van der Waals surface area (Å²) in [5.74, 6) is -0.691. The molecule has 0 atom stereocenters. The highest BCUT2D eigenvalue weighted by atomic mass is 16.5. The number of hydrogen-bond acceptors (Lipinski definition) is 5. The zero-order chi connectivity index (χ0) is 12.8. The Morgan fingerprint density at radius 1 is 1.12 bits per heavy atom. The molecule has 0 bridgehead atoms. The topological polar surface area (TPSA) is 61.8 Å². The van der Waals surface area contributed by atoms with Crippen LogP contribution in [0.1, 0.15) is 27.6 Å². The molecule has 0 aliphatic rings. The van der Waals surface area contributed by atoms with E-state index < -0.39 is 11.9 Å². The summed E-state index contributed by atoms with van der Waals surface area (Å²) in [6, 6.07) is 4.50. The maximum Gasteiger partial charge on any atom is 0.339 e. The van der Waals surface area contributed by atoms with Crippen molar-refractivity contribution < 1.29 is 23.8 Å². The molecule has 0 aliphatic carbocycles. The number of carbonyl (C=O) groups excluding carboxylic acids is 2. The monoisotopic (exact) mass is 238 g/mol. The summed E-state index contributed by atoms with van der Waals surface area (Å²) in [7, 11) is 2.73. The van der Waals surface area contributed by atoms with Gasteiger partial charge in [0.05, 0.1) is 32.0 Å². The van der Waals surface area contributed by atoms with Crippen LogP contribution in [-0.4, -0.2) is 32.8 Å². The van der Waals surface area contributed by atoms with Crippen LogP contribution in [0, 0.1) is 0 Å². The quantitative estimate of drug-likeness (QED) is 0.746. The van der Waals surface area contributed by atoms with E-state index in [0.29, 0.717) is 5.75 Å². The van der Waals surface area contributed by atoms with E-state index in [2.05, 4.69) is 4.74 Å². The molecule has 0 heterocycles. The first kappa shape index (κ1) is 13.0. The standard InChI is InChI=1S/C12H14O5/c1-4-17-12(14)10-7-8(15-2)5-6-9(10)11(13)16-3/h5-7H,4H2,1-3H3. The Bertz CT molecular complexity index is 425. The Morgan fingerprint density at radius 3 is 2.35 bits per heavy atom. The van der Waals surface area contributed by atoms with Gasteiger partial charge in [0.15, 0.2) is 0 Å². The van der Waals surface area contributed by atoms with Gasteiger partial charge in [-0.1, -0.05) is 0 Å². The molecule has 0 unspecified atom stereocenters. The number of carbonyl (C=O) groups is 2. The fraction of sp³-hybridized carbons (Fsp3) is 0.333. The molecule has 0 spiro atoms. The number of methoxy groups -OCH3 is 2. The van der Waals surface area contributed by atoms with Gasteiger partial charge >= 0.3 is 11.9 Å². The van der Waals surface area contributed by atoms with E-state index in [-0.39, 0.29) is 17.7 Å². The molecule has 1 rings (SSSR count). The van der Waals surface area contributed by atoms with Crippen molar-refractivity contribution in [3.8, 4) is 5.75 Å². The lowest BCUT2D eigenvalue weighted by Gasteiger charge is -2.09. The van der Waals surface area contributed by atoms with E-state index in [4.69, 9.17) is 9.47 Å². The summed E-state index contributed by atoms with van der Waals surface area (Å²) in [6.45, 7) is 1.92. The highest BCUT2D eigenvalue weighted by Gasteiger charge is 2.19. The van der Waals surface area contributed by atoms with Crippen LogP contribution in [0.2, 0.25) is 0 Å². The van der Waals surface area contributed by atoms with Crippen LogP contribution < -0.4 is 4.74 Å². The summed E-state index contributed by atoms with van der Waals surface area (Å²) >= 11 is 0. The average Bonchev–Trinajstić information content (AvgIpc) is 2.37. The van der Waals surface area contributed by atoms with Gasteiger partial charge in [-0.25, -0.2) is 9.59 Å². The summed E-state index contributed by atoms with van der Waals surface area (Å²) in [4.78, 5) is 23.1. The van der Waals surface area contributed by atoms with Gasteiger partial charge in [-0.2, -0.15) is 0 Å². The highest BCUT2D eigenvalue weighted by molar-refractivity contribution is 6.03. The molecule has 5 nitrogen and oxygen atoms in total. The van der Waals surface area contributed by atoms with Crippen LogP contribution in [0.5, 0.6) is 5.75 Å². The van der Waals surface area contributed by atoms with Crippen molar-refractivity contribution in [2.75, 3.05) is 20.8 Å². The molecule has 0 amide bonds. The summed E-state index contributed by atoms with van der Waals surface area (Å²) in [6.07, 6.45) is 0. The van der Waals surface area contributed by atoms with Gasteiger partial charge in [0.2, 0.25) is 0 Å². The molecule has 92 valence electrons. The number of ether oxygens (including phenoxy) is 3. The third kappa shape index (κ3) is 2.96. The van der Waals surface area contributed by atoms with E-state index in [9.17, 15) is 9.59 Å². The fourth-order valence-corrected chi connectivity index (χ4v) is 1.32. The normalized spacial score (nSPS) is 9.59. The van der Waals surface area contributed by atoms with E-state index in [0.717, 1.165) is 0 Å². The Balaban J connectivity index is 3.20. The predicted octanol–water partition coefficient (Wildman–Crippen LogP) is 1.66. The van der Waals surface area contributed by atoms with Crippen molar-refractivity contribution in [1.82, 2.24) is 0 Å². The molecule has 0 fully saturated rings. The molecular formula is C12H14O5. The van der Waals surface area contributed by atoms with E-state index >= 15 is 0 Å². The minimum absolute atomic E-state index is 0.137. The van der Waals surface area contributed by atoms with Gasteiger partial charge in [-0.15, -0.1) is 0 Å². The fourth-order valence-electron chi connectivity index (χ4n) is 1.32. The van der Waals surface area contributed by atoms with Crippen molar-refractivity contribution in [3.63, 3.8) is 0 Å². The van der Waals surface area contributed by atoms with Gasteiger partial charge < -0.3 is 14.2 Å². The van der Waals surface area contributed by atoms with Crippen LogP contribution in [0.4, 0.5) is 0 Å². The molecule has 1 aromatic rings. The van der Waals surface area contributed by atoms with Crippen LogP contribution >= 0.6 is 0 Å². The van der Waals surface area contributed by atoms with Gasteiger partial charge in [-0.05, 0) is 25.1 Å². The lowest BCUT2D eigenvalue weighted by molar-refractivity contribution is 0.0503. The molecule has 0 N–H and O–H groups in total. The van der Waals surface area contributed by atoms with Gasteiger partial charge in [0, 0.05) is 0 Å². The first-order chi connectivity index (χ1) is 8.13. The average molecular weight is 238 g/mol. The molecule has 5 heteroatoms. The zero-order valence-corrected chi connectivity index (χ0v) is 9.98. The molecule has 17 heavy (non-hydrogen) atoms. The Labute approximate surface area is 99.3 Å². The molecule has 0 radical (unpaired) electrons.